The molecule has 1 N–H and O–H groups in total. The van der Waals surface area contributed by atoms with E-state index in [2.05, 4.69) is 36.0 Å². The molecule has 0 saturated carbocycles. The average molecular weight is 461 g/mol. The number of nitrogens with zero attached hydrogens (tertiary/aromatic N) is 9. The average Bonchev–Trinajstić information content (AvgIpc) is 3.48. The molecule has 1 aromatic carbocycles. The standard InChI is InChI=1S/C19H15F4N9O/c20-14-4-5-15(16(21)8-14)18(33,10-32-12-26-28-30-32)19(22,23)17-6-3-13(9-24-17)2-1-7-31-11-25-27-29-31/h1-6,8-9,11-12,33H,7,10H2. The lowest BCUT2D eigenvalue weighted by atomic mass is 9.84. The summed E-state index contributed by atoms with van der Waals surface area (Å²) >= 11 is 0. The number of halogens is 4. The quantitative estimate of drug-likeness (QED) is 0.394. The largest absolute Gasteiger partial charge is 0.377 e. The molecule has 33 heavy (non-hydrogen) atoms. The van der Waals surface area contributed by atoms with Crippen LogP contribution >= 0.6 is 0 Å². The number of pyridine rings is 1. The molecule has 0 fully saturated rings. The lowest BCUT2D eigenvalue weighted by molar-refractivity contribution is -0.207. The topological polar surface area (TPSA) is 120 Å². The van der Waals surface area contributed by atoms with Crippen LogP contribution in [0, 0.1) is 11.6 Å². The summed E-state index contributed by atoms with van der Waals surface area (Å²) in [6.45, 7) is -0.578. The molecular formula is C19H15F4N9O. The van der Waals surface area contributed by atoms with Gasteiger partial charge in [-0.2, -0.15) is 8.78 Å². The highest BCUT2D eigenvalue weighted by molar-refractivity contribution is 5.48. The van der Waals surface area contributed by atoms with Crippen LogP contribution in [-0.4, -0.2) is 50.5 Å². The van der Waals surface area contributed by atoms with Gasteiger partial charge in [0, 0.05) is 17.8 Å². The minimum absolute atomic E-state index is 0.348. The molecule has 0 aliphatic rings. The molecule has 0 radical (unpaired) electrons. The summed E-state index contributed by atoms with van der Waals surface area (Å²) in [5, 5.41) is 31.9. The molecule has 170 valence electrons. The fraction of sp³-hybridized carbons (Fsp3) is 0.211. The molecule has 0 aliphatic carbocycles. The summed E-state index contributed by atoms with van der Waals surface area (Å²) in [5.74, 6) is -6.46. The van der Waals surface area contributed by atoms with E-state index in [1.165, 1.54) is 17.1 Å². The second kappa shape index (κ2) is 8.82. The summed E-state index contributed by atoms with van der Waals surface area (Å²) < 4.78 is 61.4. The zero-order valence-corrected chi connectivity index (χ0v) is 16.7. The van der Waals surface area contributed by atoms with E-state index < -0.39 is 41.0 Å². The van der Waals surface area contributed by atoms with Crippen molar-refractivity contribution >= 4 is 6.08 Å². The normalized spacial score (nSPS) is 14.0. The summed E-state index contributed by atoms with van der Waals surface area (Å²) in [4.78, 5) is 3.77. The third-order valence-corrected chi connectivity index (χ3v) is 4.78. The van der Waals surface area contributed by atoms with E-state index >= 15 is 8.78 Å². The van der Waals surface area contributed by atoms with Crippen molar-refractivity contribution in [3.05, 3.63) is 83.7 Å². The van der Waals surface area contributed by atoms with Crippen LogP contribution in [0.1, 0.15) is 16.8 Å². The Balaban J connectivity index is 1.66. The van der Waals surface area contributed by atoms with Gasteiger partial charge < -0.3 is 5.11 Å². The smallest absolute Gasteiger partial charge is 0.323 e. The molecule has 14 heteroatoms. The number of hydrogen-bond donors (Lipinski definition) is 1. The maximum absolute atomic E-state index is 15.6. The Bertz CT molecular complexity index is 1230. The zero-order valence-electron chi connectivity index (χ0n) is 16.7. The van der Waals surface area contributed by atoms with Gasteiger partial charge in [0.1, 0.15) is 30.0 Å². The second-order valence-corrected chi connectivity index (χ2v) is 6.98. The van der Waals surface area contributed by atoms with Gasteiger partial charge in [0.15, 0.2) is 5.60 Å². The molecule has 4 rings (SSSR count). The predicted molar refractivity (Wildman–Crippen MR) is 103 cm³/mol. The minimum atomic E-state index is -4.12. The van der Waals surface area contributed by atoms with Crippen molar-refractivity contribution in [2.75, 3.05) is 0 Å². The Hall–Kier alpha value is -4.07. The number of rotatable bonds is 8. The van der Waals surface area contributed by atoms with Gasteiger partial charge in [0.05, 0.1) is 13.1 Å². The van der Waals surface area contributed by atoms with Gasteiger partial charge in [-0.3, -0.25) is 4.98 Å². The van der Waals surface area contributed by atoms with Crippen molar-refractivity contribution in [1.82, 2.24) is 45.4 Å². The van der Waals surface area contributed by atoms with Crippen LogP contribution < -0.4 is 0 Å². The number of aromatic nitrogens is 9. The van der Waals surface area contributed by atoms with Crippen LogP contribution in [0.4, 0.5) is 17.6 Å². The molecule has 0 spiro atoms. The van der Waals surface area contributed by atoms with E-state index in [4.69, 9.17) is 0 Å². The number of benzene rings is 1. The molecule has 3 aromatic heterocycles. The van der Waals surface area contributed by atoms with Crippen molar-refractivity contribution in [3.63, 3.8) is 0 Å². The predicted octanol–water partition coefficient (Wildman–Crippen LogP) is 1.73. The number of allylic oxidation sites excluding steroid dienone is 1. The van der Waals surface area contributed by atoms with E-state index in [0.29, 0.717) is 18.2 Å². The number of hydrogen-bond acceptors (Lipinski definition) is 8. The monoisotopic (exact) mass is 461 g/mol. The third-order valence-electron chi connectivity index (χ3n) is 4.78. The highest BCUT2D eigenvalue weighted by Crippen LogP contribution is 2.46. The Morgan fingerprint density at radius 3 is 2.30 bits per heavy atom. The van der Waals surface area contributed by atoms with Crippen LogP contribution in [-0.2, 0) is 24.6 Å². The first-order chi connectivity index (χ1) is 15.8. The molecular weight excluding hydrogens is 446 g/mol. The highest BCUT2D eigenvalue weighted by atomic mass is 19.3. The van der Waals surface area contributed by atoms with Crippen LogP contribution in [0.2, 0.25) is 0 Å². The zero-order chi connectivity index (χ0) is 23.5. The van der Waals surface area contributed by atoms with E-state index in [0.717, 1.165) is 35.4 Å². The van der Waals surface area contributed by atoms with Crippen molar-refractivity contribution in [3.8, 4) is 0 Å². The van der Waals surface area contributed by atoms with Gasteiger partial charge in [-0.1, -0.05) is 18.2 Å². The number of alkyl halides is 2. The third kappa shape index (κ3) is 4.45. The van der Waals surface area contributed by atoms with Gasteiger partial charge in [-0.05, 0) is 44.6 Å². The number of aliphatic hydroxyl groups is 1. The van der Waals surface area contributed by atoms with Crippen molar-refractivity contribution in [2.45, 2.75) is 24.6 Å². The number of tetrazole rings is 2. The van der Waals surface area contributed by atoms with E-state index in [1.54, 1.807) is 12.2 Å². The van der Waals surface area contributed by atoms with E-state index in [1.807, 2.05) is 0 Å². The van der Waals surface area contributed by atoms with E-state index in [-0.39, 0.29) is 0 Å². The molecule has 0 aliphatic heterocycles. The van der Waals surface area contributed by atoms with Gasteiger partial charge >= 0.3 is 5.92 Å². The molecule has 0 saturated heterocycles. The van der Waals surface area contributed by atoms with Crippen LogP contribution in [0.15, 0.2) is 55.3 Å². The summed E-state index contributed by atoms with van der Waals surface area (Å²) in [7, 11) is 0. The SMILES string of the molecule is OC(Cn1cnnn1)(c1ccc(F)cc1F)C(F)(F)c1ccc(C=CCn2cnnn2)cn1. The van der Waals surface area contributed by atoms with Crippen molar-refractivity contribution < 1.29 is 22.7 Å². The maximum Gasteiger partial charge on any atom is 0.323 e. The first-order valence-corrected chi connectivity index (χ1v) is 9.40. The minimum Gasteiger partial charge on any atom is -0.377 e. The van der Waals surface area contributed by atoms with E-state index in [9.17, 15) is 13.9 Å². The Kier molecular flexibility index (Phi) is 5.91. The van der Waals surface area contributed by atoms with Gasteiger partial charge in [0.2, 0.25) is 0 Å². The Labute approximate surface area is 183 Å². The van der Waals surface area contributed by atoms with Crippen LogP contribution in [0.5, 0.6) is 0 Å². The fourth-order valence-corrected chi connectivity index (χ4v) is 3.13. The molecule has 1 atom stereocenters. The Morgan fingerprint density at radius 1 is 0.970 bits per heavy atom. The summed E-state index contributed by atoms with van der Waals surface area (Å²) in [6.07, 6.45) is 6.86. The molecule has 0 amide bonds. The maximum atomic E-state index is 15.6. The lowest BCUT2D eigenvalue weighted by Gasteiger charge is -2.35. The van der Waals surface area contributed by atoms with Crippen molar-refractivity contribution in [1.29, 1.82) is 0 Å². The fourth-order valence-electron chi connectivity index (χ4n) is 3.13. The molecule has 1 unspecified atom stereocenters. The van der Waals surface area contributed by atoms with Gasteiger partial charge in [-0.25, -0.2) is 18.1 Å². The molecule has 0 bridgehead atoms. The molecule has 10 nitrogen and oxygen atoms in total. The summed E-state index contributed by atoms with van der Waals surface area (Å²) in [5.41, 5.74) is -4.37. The van der Waals surface area contributed by atoms with Crippen LogP contribution in [0.25, 0.3) is 6.08 Å². The Morgan fingerprint density at radius 2 is 1.70 bits per heavy atom. The second-order valence-electron chi connectivity index (χ2n) is 6.98. The lowest BCUT2D eigenvalue weighted by Crippen LogP contribution is -2.48. The first-order valence-electron chi connectivity index (χ1n) is 9.40. The molecule has 4 aromatic rings. The highest BCUT2D eigenvalue weighted by Gasteiger charge is 2.57. The van der Waals surface area contributed by atoms with Crippen molar-refractivity contribution in [2.24, 2.45) is 0 Å². The van der Waals surface area contributed by atoms with Gasteiger partial charge in [0.25, 0.3) is 0 Å². The summed E-state index contributed by atoms with van der Waals surface area (Å²) in [6, 6.07) is 4.28. The van der Waals surface area contributed by atoms with Crippen LogP contribution in [0.3, 0.4) is 0 Å². The first kappa shape index (κ1) is 22.1. The van der Waals surface area contributed by atoms with Gasteiger partial charge in [-0.15, -0.1) is 10.2 Å². The molecule has 3 heterocycles.